The number of methoxy groups -OCH3 is 1. The Balaban J connectivity index is 1.54. The zero-order valence-electron chi connectivity index (χ0n) is 18.1. The van der Waals surface area contributed by atoms with Gasteiger partial charge in [-0.3, -0.25) is 0 Å². The summed E-state index contributed by atoms with van der Waals surface area (Å²) in [5, 5.41) is 16.0. The maximum Gasteiger partial charge on any atom is 0.191 e. The molecule has 2 aromatic carbocycles. The lowest BCUT2D eigenvalue weighted by Crippen LogP contribution is -2.36. The molecule has 6 heteroatoms. The Morgan fingerprint density at radius 1 is 1.10 bits per heavy atom. The highest BCUT2D eigenvalue weighted by Crippen LogP contribution is 2.23. The number of benzene rings is 2. The molecule has 0 radical (unpaired) electrons. The predicted molar refractivity (Wildman–Crippen MR) is 123 cm³/mol. The van der Waals surface area contributed by atoms with Crippen LogP contribution in [-0.4, -0.2) is 44.4 Å². The standard InChI is InChI=1S/C24H34N4O2/c1-3-25-24(27-17-21-5-4-6-23(15-21)30-2)26-16-19-7-9-22(10-8-19)28-13-11-20(18-29)12-14-28/h4-10,15,20,29H,3,11-14,16-18H2,1-2H3,(H2,25,26,27). The summed E-state index contributed by atoms with van der Waals surface area (Å²) in [7, 11) is 1.68. The third kappa shape index (κ3) is 6.39. The molecule has 6 nitrogen and oxygen atoms in total. The molecule has 0 bridgehead atoms. The number of nitrogens with zero attached hydrogens (tertiary/aromatic N) is 2. The minimum absolute atomic E-state index is 0.311. The van der Waals surface area contributed by atoms with Crippen LogP contribution in [0, 0.1) is 5.92 Å². The topological polar surface area (TPSA) is 69.1 Å². The van der Waals surface area contributed by atoms with E-state index in [1.165, 1.54) is 11.3 Å². The molecule has 1 aliphatic rings. The Labute approximate surface area is 180 Å². The molecule has 30 heavy (non-hydrogen) atoms. The summed E-state index contributed by atoms with van der Waals surface area (Å²) in [6.07, 6.45) is 2.13. The summed E-state index contributed by atoms with van der Waals surface area (Å²) >= 11 is 0. The van der Waals surface area contributed by atoms with Gasteiger partial charge in [-0.05, 0) is 61.1 Å². The van der Waals surface area contributed by atoms with Crippen LogP contribution in [0.1, 0.15) is 30.9 Å². The van der Waals surface area contributed by atoms with Crippen molar-refractivity contribution >= 4 is 11.6 Å². The van der Waals surface area contributed by atoms with Crippen LogP contribution >= 0.6 is 0 Å². The van der Waals surface area contributed by atoms with E-state index < -0.39 is 0 Å². The summed E-state index contributed by atoms with van der Waals surface area (Å²) < 4.78 is 5.28. The predicted octanol–water partition coefficient (Wildman–Crippen LogP) is 3.16. The number of ether oxygens (including phenoxy) is 1. The number of rotatable bonds is 8. The number of nitrogens with one attached hydrogen (secondary N) is 2. The lowest BCUT2D eigenvalue weighted by molar-refractivity contribution is 0.203. The summed E-state index contributed by atoms with van der Waals surface area (Å²) in [6.45, 7) is 6.54. The number of aliphatic imine (C=N–C) groups is 1. The minimum atomic E-state index is 0.311. The highest BCUT2D eigenvalue weighted by Gasteiger charge is 2.18. The van der Waals surface area contributed by atoms with Crippen LogP contribution < -0.4 is 20.3 Å². The average Bonchev–Trinajstić information content (AvgIpc) is 2.81. The number of hydrogen-bond donors (Lipinski definition) is 3. The molecular weight excluding hydrogens is 376 g/mol. The molecule has 0 spiro atoms. The molecular formula is C24H34N4O2. The molecule has 1 saturated heterocycles. The van der Waals surface area contributed by atoms with Gasteiger partial charge in [0.2, 0.25) is 0 Å². The lowest BCUT2D eigenvalue weighted by atomic mass is 9.97. The molecule has 1 heterocycles. The van der Waals surface area contributed by atoms with Gasteiger partial charge in [0.25, 0.3) is 0 Å². The van der Waals surface area contributed by atoms with Crippen molar-refractivity contribution in [3.8, 4) is 5.75 Å². The van der Waals surface area contributed by atoms with E-state index in [2.05, 4.69) is 52.8 Å². The molecule has 2 aromatic rings. The summed E-state index contributed by atoms with van der Waals surface area (Å²) in [5.41, 5.74) is 3.59. The fraction of sp³-hybridized carbons (Fsp3) is 0.458. The van der Waals surface area contributed by atoms with Crippen molar-refractivity contribution in [1.82, 2.24) is 10.6 Å². The fourth-order valence-corrected chi connectivity index (χ4v) is 3.67. The van der Waals surface area contributed by atoms with E-state index >= 15 is 0 Å². The van der Waals surface area contributed by atoms with Gasteiger partial charge >= 0.3 is 0 Å². The third-order valence-corrected chi connectivity index (χ3v) is 5.53. The smallest absolute Gasteiger partial charge is 0.191 e. The maximum absolute atomic E-state index is 9.31. The highest BCUT2D eigenvalue weighted by molar-refractivity contribution is 5.79. The van der Waals surface area contributed by atoms with Gasteiger partial charge in [-0.25, -0.2) is 4.99 Å². The van der Waals surface area contributed by atoms with E-state index in [1.807, 2.05) is 18.2 Å². The van der Waals surface area contributed by atoms with Gasteiger partial charge in [0.15, 0.2) is 5.96 Å². The average molecular weight is 411 g/mol. The van der Waals surface area contributed by atoms with Crippen molar-refractivity contribution in [3.63, 3.8) is 0 Å². The number of guanidine groups is 1. The molecule has 1 fully saturated rings. The second kappa shape index (κ2) is 11.5. The quantitative estimate of drug-likeness (QED) is 0.461. The molecule has 0 aliphatic carbocycles. The van der Waals surface area contributed by atoms with E-state index in [1.54, 1.807) is 7.11 Å². The van der Waals surface area contributed by atoms with Crippen LogP contribution in [-0.2, 0) is 13.1 Å². The van der Waals surface area contributed by atoms with Crippen LogP contribution in [0.5, 0.6) is 5.75 Å². The van der Waals surface area contributed by atoms with Gasteiger partial charge < -0.3 is 25.4 Å². The largest absolute Gasteiger partial charge is 0.497 e. The number of piperidine rings is 1. The van der Waals surface area contributed by atoms with Gasteiger partial charge in [0.05, 0.1) is 13.7 Å². The number of hydrogen-bond acceptors (Lipinski definition) is 4. The van der Waals surface area contributed by atoms with Gasteiger partial charge in [0, 0.05) is 38.5 Å². The second-order valence-electron chi connectivity index (χ2n) is 7.68. The third-order valence-electron chi connectivity index (χ3n) is 5.53. The van der Waals surface area contributed by atoms with E-state index in [9.17, 15) is 5.11 Å². The first-order valence-electron chi connectivity index (χ1n) is 10.8. The minimum Gasteiger partial charge on any atom is -0.497 e. The maximum atomic E-state index is 9.31. The van der Waals surface area contributed by atoms with E-state index in [0.717, 1.165) is 56.3 Å². The van der Waals surface area contributed by atoms with Crippen molar-refractivity contribution in [2.75, 3.05) is 38.3 Å². The van der Waals surface area contributed by atoms with Gasteiger partial charge in [-0.2, -0.15) is 0 Å². The second-order valence-corrected chi connectivity index (χ2v) is 7.68. The molecule has 0 saturated carbocycles. The molecule has 162 valence electrons. The van der Waals surface area contributed by atoms with Crippen LogP contribution in [0.2, 0.25) is 0 Å². The van der Waals surface area contributed by atoms with Gasteiger partial charge in [0.1, 0.15) is 5.75 Å². The molecule has 1 aliphatic heterocycles. The number of aliphatic hydroxyl groups excluding tert-OH is 1. The Bertz CT molecular complexity index is 799. The first-order valence-corrected chi connectivity index (χ1v) is 10.8. The van der Waals surface area contributed by atoms with Crippen LogP contribution in [0.4, 0.5) is 5.69 Å². The molecule has 3 N–H and O–H groups in total. The number of aliphatic hydroxyl groups is 1. The Kier molecular flexibility index (Phi) is 8.39. The molecule has 0 atom stereocenters. The van der Waals surface area contributed by atoms with Crippen molar-refractivity contribution in [3.05, 3.63) is 59.7 Å². The van der Waals surface area contributed by atoms with Crippen LogP contribution in [0.15, 0.2) is 53.5 Å². The molecule has 3 rings (SSSR count). The van der Waals surface area contributed by atoms with Crippen molar-refractivity contribution in [2.45, 2.75) is 32.9 Å². The summed E-state index contributed by atoms with van der Waals surface area (Å²) in [4.78, 5) is 7.10. The zero-order valence-corrected chi connectivity index (χ0v) is 18.1. The summed E-state index contributed by atoms with van der Waals surface area (Å²) in [6, 6.07) is 16.7. The first-order chi connectivity index (χ1) is 14.7. The summed E-state index contributed by atoms with van der Waals surface area (Å²) in [5.74, 6) is 2.11. The van der Waals surface area contributed by atoms with Crippen molar-refractivity contribution in [2.24, 2.45) is 10.9 Å². The van der Waals surface area contributed by atoms with Gasteiger partial charge in [-0.1, -0.05) is 24.3 Å². The Hall–Kier alpha value is -2.73. The zero-order chi connectivity index (χ0) is 21.2. The Morgan fingerprint density at radius 2 is 1.87 bits per heavy atom. The Morgan fingerprint density at radius 3 is 2.53 bits per heavy atom. The van der Waals surface area contributed by atoms with Gasteiger partial charge in [-0.15, -0.1) is 0 Å². The number of anilines is 1. The van der Waals surface area contributed by atoms with Crippen LogP contribution in [0.25, 0.3) is 0 Å². The first kappa shape index (κ1) is 22.0. The van der Waals surface area contributed by atoms with Crippen LogP contribution in [0.3, 0.4) is 0 Å². The fourth-order valence-electron chi connectivity index (χ4n) is 3.67. The molecule has 0 amide bonds. The normalized spacial score (nSPS) is 15.2. The SMILES string of the molecule is CCNC(=NCc1cccc(OC)c1)NCc1ccc(N2CCC(CO)CC2)cc1. The molecule has 0 unspecified atom stereocenters. The van der Waals surface area contributed by atoms with Crippen molar-refractivity contribution in [1.29, 1.82) is 0 Å². The van der Waals surface area contributed by atoms with E-state index in [4.69, 9.17) is 9.73 Å². The lowest BCUT2D eigenvalue weighted by Gasteiger charge is -2.33. The monoisotopic (exact) mass is 410 g/mol. The van der Waals surface area contributed by atoms with E-state index in [-0.39, 0.29) is 0 Å². The molecule has 0 aromatic heterocycles. The van der Waals surface area contributed by atoms with E-state index in [0.29, 0.717) is 19.1 Å². The van der Waals surface area contributed by atoms with Crippen molar-refractivity contribution < 1.29 is 9.84 Å². The highest BCUT2D eigenvalue weighted by atomic mass is 16.5.